The summed E-state index contributed by atoms with van der Waals surface area (Å²) in [5.74, 6) is 0.993. The first-order chi connectivity index (χ1) is 17.5. The molecule has 6 nitrogen and oxygen atoms in total. The third kappa shape index (κ3) is 9.22. The molecule has 0 spiro atoms. The van der Waals surface area contributed by atoms with E-state index in [1.54, 1.807) is 31.4 Å². The summed E-state index contributed by atoms with van der Waals surface area (Å²) in [5.41, 5.74) is 5.06. The Morgan fingerprint density at radius 1 is 0.972 bits per heavy atom. The first-order valence-electron chi connectivity index (χ1n) is 11.8. The van der Waals surface area contributed by atoms with Gasteiger partial charge in [0.15, 0.2) is 0 Å². The molecule has 0 amide bonds. The molecule has 36 heavy (non-hydrogen) atoms. The molecule has 6 heteroatoms. The molecule has 0 aliphatic rings. The van der Waals surface area contributed by atoms with Crippen molar-refractivity contribution in [1.29, 1.82) is 5.41 Å². The minimum absolute atomic E-state index is 0.303. The van der Waals surface area contributed by atoms with Crippen molar-refractivity contribution in [3.63, 3.8) is 0 Å². The Morgan fingerprint density at radius 3 is 2.25 bits per heavy atom. The van der Waals surface area contributed by atoms with Gasteiger partial charge in [0.1, 0.15) is 17.8 Å². The molecule has 3 aromatic carbocycles. The van der Waals surface area contributed by atoms with Crippen molar-refractivity contribution in [3.05, 3.63) is 96.1 Å². The van der Waals surface area contributed by atoms with Crippen LogP contribution in [0.15, 0.2) is 79.4 Å². The summed E-state index contributed by atoms with van der Waals surface area (Å²) in [6.45, 7) is 6.23. The Hall–Kier alpha value is -4.19. The fourth-order valence-corrected chi connectivity index (χ4v) is 3.30. The second kappa shape index (κ2) is 15.7. The van der Waals surface area contributed by atoms with Crippen molar-refractivity contribution in [1.82, 2.24) is 0 Å². The summed E-state index contributed by atoms with van der Waals surface area (Å²) in [5, 5.41) is 7.43. The smallest absolute Gasteiger partial charge is 0.330 e. The Balaban J connectivity index is 0.000000255. The minimum atomic E-state index is -0.430. The van der Waals surface area contributed by atoms with Crippen LogP contribution in [0.1, 0.15) is 41.3 Å². The highest BCUT2D eigenvalue weighted by atomic mass is 16.5. The lowest BCUT2D eigenvalue weighted by atomic mass is 10.0. The molecule has 0 aliphatic heterocycles. The van der Waals surface area contributed by atoms with E-state index in [4.69, 9.17) is 19.6 Å². The molecule has 3 aromatic rings. The van der Waals surface area contributed by atoms with Gasteiger partial charge in [0, 0.05) is 29.8 Å². The number of hydrogen-bond donors (Lipinski definition) is 1. The molecular formula is C30H33NO5. The predicted molar refractivity (Wildman–Crippen MR) is 143 cm³/mol. The molecule has 0 fully saturated rings. The lowest BCUT2D eigenvalue weighted by molar-refractivity contribution is -0.137. The van der Waals surface area contributed by atoms with Gasteiger partial charge in [-0.3, -0.25) is 4.79 Å². The molecule has 0 heterocycles. The van der Waals surface area contributed by atoms with Gasteiger partial charge in [-0.05, 0) is 59.5 Å². The van der Waals surface area contributed by atoms with Crippen LogP contribution in [0, 0.1) is 5.41 Å². The average Bonchev–Trinajstić information content (AvgIpc) is 2.93. The van der Waals surface area contributed by atoms with Gasteiger partial charge in [0.05, 0.1) is 20.3 Å². The number of esters is 1. The summed E-state index contributed by atoms with van der Waals surface area (Å²) in [6.07, 6.45) is 6.12. The van der Waals surface area contributed by atoms with Crippen LogP contribution in [0.5, 0.6) is 11.5 Å². The molecular weight excluding hydrogens is 454 g/mol. The van der Waals surface area contributed by atoms with E-state index < -0.39 is 5.97 Å². The minimum Gasteiger partial charge on any atom is -0.496 e. The summed E-state index contributed by atoms with van der Waals surface area (Å²) < 4.78 is 15.4. The summed E-state index contributed by atoms with van der Waals surface area (Å²) >= 11 is 0. The number of rotatable bonds is 12. The normalized spacial score (nSPS) is 9.83. The standard InChI is InChI=1S/C17H19NO.C13H14O4/c1-3-4-13-5-7-14(8-6-13)15-9-10-17(19-2)16(11-15)12-18;1-2-13(15)17-9-3-8-16-12-6-4-11(10-14)5-7-12/h5-12,18H,3-4H2,1-2H3;2,4-7,10H,1,3,8-9H2. The molecule has 0 unspecified atom stereocenters. The Kier molecular flexibility index (Phi) is 12.2. The van der Waals surface area contributed by atoms with Crippen molar-refractivity contribution in [2.45, 2.75) is 26.2 Å². The Labute approximate surface area is 213 Å². The number of carbonyl (C=O) groups is 2. The van der Waals surface area contributed by atoms with Crippen molar-refractivity contribution in [2.75, 3.05) is 20.3 Å². The van der Waals surface area contributed by atoms with Gasteiger partial charge in [-0.15, -0.1) is 0 Å². The van der Waals surface area contributed by atoms with Gasteiger partial charge in [0.2, 0.25) is 0 Å². The van der Waals surface area contributed by atoms with E-state index in [0.717, 1.165) is 35.7 Å². The highest BCUT2D eigenvalue weighted by Gasteiger charge is 2.04. The molecule has 0 radical (unpaired) electrons. The quantitative estimate of drug-likeness (QED) is 0.106. The lowest BCUT2D eigenvalue weighted by Gasteiger charge is -2.08. The monoisotopic (exact) mass is 487 g/mol. The maximum Gasteiger partial charge on any atom is 0.330 e. The lowest BCUT2D eigenvalue weighted by Crippen LogP contribution is -2.06. The zero-order valence-electron chi connectivity index (χ0n) is 20.9. The van der Waals surface area contributed by atoms with Gasteiger partial charge in [-0.1, -0.05) is 50.3 Å². The largest absolute Gasteiger partial charge is 0.496 e. The van der Waals surface area contributed by atoms with Crippen LogP contribution in [0.2, 0.25) is 0 Å². The van der Waals surface area contributed by atoms with Crippen LogP contribution < -0.4 is 9.47 Å². The Morgan fingerprint density at radius 2 is 1.67 bits per heavy atom. The number of carbonyl (C=O) groups excluding carboxylic acids is 2. The van der Waals surface area contributed by atoms with E-state index in [1.165, 1.54) is 23.8 Å². The zero-order chi connectivity index (χ0) is 26.2. The van der Waals surface area contributed by atoms with Gasteiger partial charge >= 0.3 is 5.97 Å². The number of benzene rings is 3. The van der Waals surface area contributed by atoms with E-state index >= 15 is 0 Å². The van der Waals surface area contributed by atoms with Crippen LogP contribution in [-0.4, -0.2) is 38.8 Å². The fraction of sp³-hybridized carbons (Fsp3) is 0.233. The van der Waals surface area contributed by atoms with Crippen LogP contribution in [0.3, 0.4) is 0 Å². The highest BCUT2D eigenvalue weighted by molar-refractivity contribution is 5.84. The molecule has 0 aromatic heterocycles. The molecule has 0 bridgehead atoms. The third-order valence-electron chi connectivity index (χ3n) is 5.20. The first kappa shape index (κ1) is 28.1. The molecule has 188 valence electrons. The number of aldehydes is 1. The SMILES string of the molecule is C=CC(=O)OCCCOc1ccc(C=O)cc1.CCCc1ccc(-c2ccc(OC)c(C=N)c2)cc1. The predicted octanol–water partition coefficient (Wildman–Crippen LogP) is 6.31. The maximum absolute atomic E-state index is 10.7. The van der Waals surface area contributed by atoms with Crippen LogP contribution >= 0.6 is 0 Å². The van der Waals surface area contributed by atoms with E-state index in [0.29, 0.717) is 30.9 Å². The molecule has 0 atom stereocenters. The molecule has 0 saturated carbocycles. The summed E-state index contributed by atoms with van der Waals surface area (Å²) in [7, 11) is 1.63. The number of aryl methyl sites for hydroxylation is 1. The van der Waals surface area contributed by atoms with E-state index in [1.807, 2.05) is 18.2 Å². The van der Waals surface area contributed by atoms with Crippen molar-refractivity contribution in [3.8, 4) is 22.6 Å². The van der Waals surface area contributed by atoms with Gasteiger partial charge < -0.3 is 19.6 Å². The molecule has 0 saturated heterocycles. The van der Waals surface area contributed by atoms with Gasteiger partial charge in [-0.25, -0.2) is 4.79 Å². The zero-order valence-corrected chi connectivity index (χ0v) is 20.9. The average molecular weight is 488 g/mol. The maximum atomic E-state index is 10.7. The second-order valence-electron chi connectivity index (χ2n) is 7.81. The van der Waals surface area contributed by atoms with E-state index in [9.17, 15) is 9.59 Å². The van der Waals surface area contributed by atoms with Crippen LogP contribution in [-0.2, 0) is 16.0 Å². The molecule has 0 aliphatic carbocycles. The number of ether oxygens (including phenoxy) is 3. The van der Waals surface area contributed by atoms with Gasteiger partial charge in [-0.2, -0.15) is 0 Å². The number of methoxy groups -OCH3 is 1. The molecule has 1 N–H and O–H groups in total. The van der Waals surface area contributed by atoms with Crippen molar-refractivity contribution >= 4 is 18.5 Å². The topological polar surface area (TPSA) is 85.7 Å². The van der Waals surface area contributed by atoms with Gasteiger partial charge in [0.25, 0.3) is 0 Å². The van der Waals surface area contributed by atoms with E-state index in [-0.39, 0.29) is 0 Å². The first-order valence-corrected chi connectivity index (χ1v) is 11.8. The summed E-state index contributed by atoms with van der Waals surface area (Å²) in [6, 6.07) is 21.4. The van der Waals surface area contributed by atoms with Crippen LogP contribution in [0.4, 0.5) is 0 Å². The fourth-order valence-electron chi connectivity index (χ4n) is 3.30. The van der Waals surface area contributed by atoms with E-state index in [2.05, 4.69) is 37.8 Å². The third-order valence-corrected chi connectivity index (χ3v) is 5.20. The number of nitrogens with one attached hydrogen (secondary N) is 1. The number of hydrogen-bond acceptors (Lipinski definition) is 6. The highest BCUT2D eigenvalue weighted by Crippen LogP contribution is 2.26. The second-order valence-corrected chi connectivity index (χ2v) is 7.81. The van der Waals surface area contributed by atoms with Crippen LogP contribution in [0.25, 0.3) is 11.1 Å². The van der Waals surface area contributed by atoms with Crippen molar-refractivity contribution in [2.24, 2.45) is 0 Å². The molecule has 3 rings (SSSR count). The Bertz CT molecular complexity index is 1120. The van der Waals surface area contributed by atoms with Crippen molar-refractivity contribution < 1.29 is 23.8 Å². The summed E-state index contributed by atoms with van der Waals surface area (Å²) in [4.78, 5) is 21.1.